The van der Waals surface area contributed by atoms with Crippen LogP contribution in [0.2, 0.25) is 0 Å². The van der Waals surface area contributed by atoms with Crippen molar-refractivity contribution in [2.45, 2.75) is 19.9 Å². The van der Waals surface area contributed by atoms with Crippen molar-refractivity contribution in [3.05, 3.63) is 59.4 Å². The van der Waals surface area contributed by atoms with Crippen LogP contribution in [0, 0.1) is 17.8 Å². The fourth-order valence-electron chi connectivity index (χ4n) is 3.49. The Kier molecular flexibility index (Phi) is 9.67. The highest BCUT2D eigenvalue weighted by Crippen LogP contribution is 2.19. The second kappa shape index (κ2) is 12.4. The van der Waals surface area contributed by atoms with Crippen LogP contribution in [0.5, 0.6) is 0 Å². The van der Waals surface area contributed by atoms with Crippen LogP contribution in [-0.4, -0.2) is 51.9 Å². The molecule has 3 aromatic rings. The van der Waals surface area contributed by atoms with Crippen LogP contribution >= 0.6 is 12.4 Å². The molecule has 0 atom stereocenters. The van der Waals surface area contributed by atoms with Crippen LogP contribution < -0.4 is 11.1 Å². The highest BCUT2D eigenvalue weighted by atomic mass is 35.5. The van der Waals surface area contributed by atoms with Gasteiger partial charge in [0.1, 0.15) is 11.7 Å². The second-order valence-electron chi connectivity index (χ2n) is 7.62. The maximum Gasteiger partial charge on any atom is 0.307 e. The Balaban J connectivity index is 0.00000432. The van der Waals surface area contributed by atoms with E-state index in [2.05, 4.69) is 16.2 Å². The minimum absolute atomic E-state index is 0. The van der Waals surface area contributed by atoms with Gasteiger partial charge >= 0.3 is 5.97 Å². The van der Waals surface area contributed by atoms with Gasteiger partial charge in [-0.3, -0.25) is 15.0 Å². The molecule has 3 rings (SSSR count). The van der Waals surface area contributed by atoms with E-state index in [0.29, 0.717) is 29.8 Å². The number of terminal acetylenes is 1. The molecule has 1 heterocycles. The van der Waals surface area contributed by atoms with Gasteiger partial charge in [-0.1, -0.05) is 5.92 Å². The van der Waals surface area contributed by atoms with Gasteiger partial charge < -0.3 is 25.3 Å². The number of amides is 1. The van der Waals surface area contributed by atoms with Crippen molar-refractivity contribution in [3.63, 3.8) is 0 Å². The number of nitrogens with zero attached hydrogens (tertiary/aromatic N) is 3. The zero-order chi connectivity index (χ0) is 24.7. The number of halogens is 1. The van der Waals surface area contributed by atoms with E-state index in [4.69, 9.17) is 22.3 Å². The number of hydrogen-bond donors (Lipinski definition) is 3. The third-order valence-corrected chi connectivity index (χ3v) is 5.33. The number of benzene rings is 2. The molecule has 0 aliphatic carbocycles. The maximum absolute atomic E-state index is 13.0. The molecule has 1 amide bonds. The second-order valence-corrected chi connectivity index (χ2v) is 7.62. The smallest absolute Gasteiger partial charge is 0.307 e. The van der Waals surface area contributed by atoms with Crippen LogP contribution in [-0.2, 0) is 23.1 Å². The number of rotatable bonds is 10. The van der Waals surface area contributed by atoms with Crippen LogP contribution in [0.4, 0.5) is 5.69 Å². The van der Waals surface area contributed by atoms with Crippen LogP contribution in [0.3, 0.4) is 0 Å². The summed E-state index contributed by atoms with van der Waals surface area (Å²) in [6.45, 7) is 2.77. The van der Waals surface area contributed by atoms with Gasteiger partial charge in [0.15, 0.2) is 0 Å². The van der Waals surface area contributed by atoms with Gasteiger partial charge in [-0.05, 0) is 49.4 Å². The SMILES string of the molecule is C#CCN(CCC(=O)OCC)C(=O)c1ccc2c(c1)nc(CNc1ccc(C(=N)N)cc1)n2C.Cl. The van der Waals surface area contributed by atoms with Crippen molar-refractivity contribution in [2.24, 2.45) is 12.8 Å². The summed E-state index contributed by atoms with van der Waals surface area (Å²) in [5.41, 5.74) is 9.04. The summed E-state index contributed by atoms with van der Waals surface area (Å²) in [7, 11) is 1.91. The van der Waals surface area contributed by atoms with Gasteiger partial charge in [0.25, 0.3) is 5.91 Å². The van der Waals surface area contributed by atoms with Crippen molar-refractivity contribution in [3.8, 4) is 12.3 Å². The zero-order valence-corrected chi connectivity index (χ0v) is 20.5. The Morgan fingerprint density at radius 1 is 1.23 bits per heavy atom. The first-order valence-electron chi connectivity index (χ1n) is 10.9. The molecular formula is C25H29ClN6O3. The van der Waals surface area contributed by atoms with Gasteiger partial charge in [-0.25, -0.2) is 4.98 Å². The number of esters is 1. The number of anilines is 1. The monoisotopic (exact) mass is 496 g/mol. The number of carbonyl (C=O) groups excluding carboxylic acids is 2. The number of amidine groups is 1. The molecule has 1 aromatic heterocycles. The minimum atomic E-state index is -0.370. The van der Waals surface area contributed by atoms with E-state index in [1.54, 1.807) is 31.2 Å². The average molecular weight is 497 g/mol. The predicted molar refractivity (Wildman–Crippen MR) is 139 cm³/mol. The summed E-state index contributed by atoms with van der Waals surface area (Å²) in [5, 5.41) is 10.8. The van der Waals surface area contributed by atoms with Crippen molar-refractivity contribution in [1.29, 1.82) is 5.41 Å². The Labute approximate surface area is 210 Å². The molecule has 0 aliphatic rings. The third-order valence-electron chi connectivity index (χ3n) is 5.33. The molecule has 9 nitrogen and oxygen atoms in total. The van der Waals surface area contributed by atoms with Crippen molar-refractivity contribution >= 4 is 46.8 Å². The molecule has 0 spiro atoms. The standard InChI is InChI=1S/C25H28N6O3.ClH/c1-4-13-31(14-12-23(32)34-5-2)25(33)18-8-11-21-20(15-18)29-22(30(21)3)16-28-19-9-6-17(7-10-19)24(26)27;/h1,6-11,15,28H,5,12-14,16H2,2-3H3,(H3,26,27);1H. The number of aryl methyl sites for hydroxylation is 1. The van der Waals surface area contributed by atoms with Crippen molar-refractivity contribution in [1.82, 2.24) is 14.5 Å². The van der Waals surface area contributed by atoms with Gasteiger partial charge in [0, 0.05) is 30.4 Å². The summed E-state index contributed by atoms with van der Waals surface area (Å²) in [5.74, 6) is 2.65. The Hall–Kier alpha value is -4.03. The maximum atomic E-state index is 13.0. The summed E-state index contributed by atoms with van der Waals surface area (Å²) < 4.78 is 6.90. The summed E-state index contributed by atoms with van der Waals surface area (Å²) >= 11 is 0. The molecule has 35 heavy (non-hydrogen) atoms. The van der Waals surface area contributed by atoms with Crippen LogP contribution in [0.1, 0.15) is 35.1 Å². The number of nitrogens with two attached hydrogens (primary N) is 1. The first-order valence-corrected chi connectivity index (χ1v) is 10.9. The normalized spacial score (nSPS) is 10.2. The van der Waals surface area contributed by atoms with E-state index in [1.165, 1.54) is 4.90 Å². The van der Waals surface area contributed by atoms with E-state index in [-0.39, 0.29) is 49.6 Å². The molecular weight excluding hydrogens is 468 g/mol. The fraction of sp³-hybridized carbons (Fsp3) is 0.280. The molecule has 184 valence electrons. The molecule has 0 saturated carbocycles. The highest BCUT2D eigenvalue weighted by molar-refractivity contribution is 5.98. The molecule has 2 aromatic carbocycles. The molecule has 0 bridgehead atoms. The molecule has 0 fully saturated rings. The fourth-order valence-corrected chi connectivity index (χ4v) is 3.49. The topological polar surface area (TPSA) is 126 Å². The lowest BCUT2D eigenvalue weighted by molar-refractivity contribution is -0.143. The summed E-state index contributed by atoms with van der Waals surface area (Å²) in [4.78, 5) is 30.9. The highest BCUT2D eigenvalue weighted by Gasteiger charge is 2.18. The first kappa shape index (κ1) is 27.2. The summed E-state index contributed by atoms with van der Waals surface area (Å²) in [6.07, 6.45) is 5.51. The van der Waals surface area contributed by atoms with Gasteiger partial charge in [-0.2, -0.15) is 0 Å². The lowest BCUT2D eigenvalue weighted by Crippen LogP contribution is -2.33. The quantitative estimate of drug-likeness (QED) is 0.171. The van der Waals surface area contributed by atoms with Crippen molar-refractivity contribution in [2.75, 3.05) is 25.0 Å². The lowest BCUT2D eigenvalue weighted by Gasteiger charge is -2.19. The Morgan fingerprint density at radius 2 is 1.91 bits per heavy atom. The molecule has 0 radical (unpaired) electrons. The van der Waals surface area contributed by atoms with Gasteiger partial charge in [-0.15, -0.1) is 18.8 Å². The first-order chi connectivity index (χ1) is 16.3. The van der Waals surface area contributed by atoms with Gasteiger partial charge in [0.2, 0.25) is 0 Å². The molecule has 0 saturated heterocycles. The van der Waals surface area contributed by atoms with E-state index in [0.717, 1.165) is 17.0 Å². The minimum Gasteiger partial charge on any atom is -0.466 e. The van der Waals surface area contributed by atoms with E-state index in [9.17, 15) is 9.59 Å². The van der Waals surface area contributed by atoms with E-state index < -0.39 is 0 Å². The number of nitrogen functional groups attached to an aromatic ring is 1. The lowest BCUT2D eigenvalue weighted by atomic mass is 10.1. The zero-order valence-electron chi connectivity index (χ0n) is 19.7. The predicted octanol–water partition coefficient (Wildman–Crippen LogP) is 2.92. The Bertz CT molecular complexity index is 1250. The average Bonchev–Trinajstić information content (AvgIpc) is 3.15. The number of hydrogen-bond acceptors (Lipinski definition) is 6. The van der Waals surface area contributed by atoms with Crippen LogP contribution in [0.15, 0.2) is 42.5 Å². The number of ether oxygens (including phenoxy) is 1. The molecule has 0 unspecified atom stereocenters. The van der Waals surface area contributed by atoms with E-state index in [1.807, 2.05) is 29.8 Å². The number of carbonyl (C=O) groups is 2. The number of aromatic nitrogens is 2. The van der Waals surface area contributed by atoms with E-state index >= 15 is 0 Å². The number of imidazole rings is 1. The van der Waals surface area contributed by atoms with Gasteiger partial charge in [0.05, 0.1) is 37.2 Å². The number of fused-ring (bicyclic) bond motifs is 1. The third kappa shape index (κ3) is 6.74. The Morgan fingerprint density at radius 3 is 2.54 bits per heavy atom. The molecule has 0 aliphatic heterocycles. The molecule has 4 N–H and O–H groups in total. The molecule has 10 heteroatoms. The van der Waals surface area contributed by atoms with Crippen LogP contribution in [0.25, 0.3) is 11.0 Å². The van der Waals surface area contributed by atoms with Crippen molar-refractivity contribution < 1.29 is 14.3 Å². The summed E-state index contributed by atoms with van der Waals surface area (Å²) in [6, 6.07) is 12.6. The number of nitrogens with one attached hydrogen (secondary N) is 2. The largest absolute Gasteiger partial charge is 0.466 e.